The summed E-state index contributed by atoms with van der Waals surface area (Å²) in [6.45, 7) is 0.686. The molecule has 1 heterocycles. The van der Waals surface area contributed by atoms with Crippen LogP contribution in [-0.4, -0.2) is 33.9 Å². The van der Waals surface area contributed by atoms with E-state index in [1.807, 2.05) is 13.2 Å². The third-order valence-corrected chi connectivity index (χ3v) is 2.06. The predicted molar refractivity (Wildman–Crippen MR) is 56.2 cm³/mol. The second-order valence-corrected chi connectivity index (χ2v) is 3.45. The number of hydrogen-bond donors (Lipinski definition) is 2. The molecule has 0 aliphatic carbocycles. The number of carbonyl (C=O) groups is 1. The number of amides is 1. The molecule has 1 aromatic rings. The number of aliphatic hydroxyl groups is 1. The van der Waals surface area contributed by atoms with Crippen molar-refractivity contribution in [1.82, 2.24) is 15.1 Å². The number of carbonyl (C=O) groups excluding carboxylic acids is 1. The minimum Gasteiger partial charge on any atom is -0.396 e. The largest absolute Gasteiger partial charge is 0.396 e. The molecule has 0 saturated carbocycles. The van der Waals surface area contributed by atoms with Crippen molar-refractivity contribution in [1.29, 1.82) is 0 Å². The standard InChI is InChI=1S/C10H17N3O2/c1-13-8-9(7-12-13)4-5-11-10(15)3-2-6-14/h7-8,14H,2-6H2,1H3,(H,11,15). The van der Waals surface area contributed by atoms with Gasteiger partial charge in [0.25, 0.3) is 0 Å². The molecule has 1 aromatic heterocycles. The van der Waals surface area contributed by atoms with E-state index in [1.165, 1.54) is 0 Å². The van der Waals surface area contributed by atoms with E-state index in [9.17, 15) is 4.79 Å². The van der Waals surface area contributed by atoms with E-state index in [-0.39, 0.29) is 12.5 Å². The zero-order chi connectivity index (χ0) is 11.1. The second-order valence-electron chi connectivity index (χ2n) is 3.45. The van der Waals surface area contributed by atoms with Gasteiger partial charge in [0.1, 0.15) is 0 Å². The Morgan fingerprint density at radius 2 is 2.47 bits per heavy atom. The highest BCUT2D eigenvalue weighted by molar-refractivity contribution is 5.75. The molecule has 0 saturated heterocycles. The predicted octanol–water partition coefficient (Wildman–Crippen LogP) is -0.149. The van der Waals surface area contributed by atoms with Gasteiger partial charge in [-0.15, -0.1) is 0 Å². The van der Waals surface area contributed by atoms with E-state index in [2.05, 4.69) is 10.4 Å². The average Bonchev–Trinajstić information content (AvgIpc) is 2.61. The Morgan fingerprint density at radius 1 is 1.67 bits per heavy atom. The summed E-state index contributed by atoms with van der Waals surface area (Å²) in [5.74, 6) is -0.00654. The van der Waals surface area contributed by atoms with E-state index in [0.717, 1.165) is 12.0 Å². The molecular weight excluding hydrogens is 194 g/mol. The fourth-order valence-corrected chi connectivity index (χ4v) is 1.28. The van der Waals surface area contributed by atoms with Crippen LogP contribution in [0.4, 0.5) is 0 Å². The SMILES string of the molecule is Cn1cc(CCNC(=O)CCCO)cn1. The highest BCUT2D eigenvalue weighted by Gasteiger charge is 2.00. The van der Waals surface area contributed by atoms with E-state index in [0.29, 0.717) is 19.4 Å². The lowest BCUT2D eigenvalue weighted by Gasteiger charge is -2.02. The van der Waals surface area contributed by atoms with Crippen LogP contribution in [0.25, 0.3) is 0 Å². The number of nitrogens with zero attached hydrogens (tertiary/aromatic N) is 2. The Labute approximate surface area is 89.1 Å². The summed E-state index contributed by atoms with van der Waals surface area (Å²) in [6.07, 6.45) is 5.43. The molecule has 1 rings (SSSR count). The van der Waals surface area contributed by atoms with Crippen LogP contribution in [0.15, 0.2) is 12.4 Å². The normalized spacial score (nSPS) is 10.3. The van der Waals surface area contributed by atoms with E-state index >= 15 is 0 Å². The first-order valence-electron chi connectivity index (χ1n) is 5.07. The maximum absolute atomic E-state index is 11.2. The molecule has 0 atom stereocenters. The molecule has 0 aliphatic rings. The van der Waals surface area contributed by atoms with Gasteiger partial charge in [-0.3, -0.25) is 9.48 Å². The molecule has 0 bridgehead atoms. The van der Waals surface area contributed by atoms with Gasteiger partial charge in [0.05, 0.1) is 6.20 Å². The van der Waals surface area contributed by atoms with Gasteiger partial charge in [0.15, 0.2) is 0 Å². The fraction of sp³-hybridized carbons (Fsp3) is 0.600. The van der Waals surface area contributed by atoms with Crippen LogP contribution >= 0.6 is 0 Å². The lowest BCUT2D eigenvalue weighted by molar-refractivity contribution is -0.121. The van der Waals surface area contributed by atoms with Gasteiger partial charge < -0.3 is 10.4 Å². The zero-order valence-electron chi connectivity index (χ0n) is 8.94. The smallest absolute Gasteiger partial charge is 0.220 e. The molecule has 84 valence electrons. The van der Waals surface area contributed by atoms with Crippen molar-refractivity contribution in [3.05, 3.63) is 18.0 Å². The number of hydrogen-bond acceptors (Lipinski definition) is 3. The number of aryl methyl sites for hydroxylation is 1. The molecule has 0 fully saturated rings. The molecule has 5 nitrogen and oxygen atoms in total. The summed E-state index contributed by atoms with van der Waals surface area (Å²) in [7, 11) is 1.86. The molecule has 0 spiro atoms. The van der Waals surface area contributed by atoms with Crippen molar-refractivity contribution in [2.75, 3.05) is 13.2 Å². The molecule has 15 heavy (non-hydrogen) atoms. The van der Waals surface area contributed by atoms with E-state index in [1.54, 1.807) is 10.9 Å². The van der Waals surface area contributed by atoms with Crippen molar-refractivity contribution in [2.24, 2.45) is 7.05 Å². The van der Waals surface area contributed by atoms with E-state index in [4.69, 9.17) is 5.11 Å². The van der Waals surface area contributed by atoms with Crippen LogP contribution in [0.2, 0.25) is 0 Å². The minimum atomic E-state index is -0.00654. The average molecular weight is 211 g/mol. The molecule has 0 aromatic carbocycles. The summed E-state index contributed by atoms with van der Waals surface area (Å²) < 4.78 is 1.74. The molecule has 0 aliphatic heterocycles. The number of aliphatic hydroxyl groups excluding tert-OH is 1. The first-order chi connectivity index (χ1) is 7.22. The van der Waals surface area contributed by atoms with Crippen molar-refractivity contribution in [3.63, 3.8) is 0 Å². The topological polar surface area (TPSA) is 67.2 Å². The van der Waals surface area contributed by atoms with Crippen LogP contribution in [0.1, 0.15) is 18.4 Å². The lowest BCUT2D eigenvalue weighted by atomic mass is 10.2. The Balaban J connectivity index is 2.13. The monoisotopic (exact) mass is 211 g/mol. The maximum Gasteiger partial charge on any atom is 0.220 e. The first-order valence-corrected chi connectivity index (χ1v) is 5.07. The quantitative estimate of drug-likeness (QED) is 0.687. The fourth-order valence-electron chi connectivity index (χ4n) is 1.28. The summed E-state index contributed by atoms with van der Waals surface area (Å²) in [5.41, 5.74) is 1.11. The van der Waals surface area contributed by atoms with Crippen LogP contribution in [-0.2, 0) is 18.3 Å². The van der Waals surface area contributed by atoms with Gasteiger partial charge in [-0.1, -0.05) is 0 Å². The van der Waals surface area contributed by atoms with Crippen LogP contribution in [0.3, 0.4) is 0 Å². The highest BCUT2D eigenvalue weighted by atomic mass is 16.3. The maximum atomic E-state index is 11.2. The number of aromatic nitrogens is 2. The minimum absolute atomic E-state index is 0.00654. The van der Waals surface area contributed by atoms with Crippen molar-refractivity contribution in [2.45, 2.75) is 19.3 Å². The van der Waals surface area contributed by atoms with Gasteiger partial charge >= 0.3 is 0 Å². The summed E-state index contributed by atoms with van der Waals surface area (Å²) in [4.78, 5) is 11.2. The Bertz CT molecular complexity index is 309. The first kappa shape index (κ1) is 11.7. The number of rotatable bonds is 6. The third kappa shape index (κ3) is 4.60. The Morgan fingerprint density at radius 3 is 3.07 bits per heavy atom. The summed E-state index contributed by atoms with van der Waals surface area (Å²) >= 11 is 0. The molecule has 0 unspecified atom stereocenters. The van der Waals surface area contributed by atoms with Crippen LogP contribution in [0, 0.1) is 0 Å². The van der Waals surface area contributed by atoms with Crippen LogP contribution in [0.5, 0.6) is 0 Å². The Kier molecular flexibility index (Phi) is 4.83. The Hall–Kier alpha value is -1.36. The lowest BCUT2D eigenvalue weighted by Crippen LogP contribution is -2.25. The van der Waals surface area contributed by atoms with Gasteiger partial charge in [-0.25, -0.2) is 0 Å². The molecule has 0 radical (unpaired) electrons. The molecule has 1 amide bonds. The van der Waals surface area contributed by atoms with Crippen molar-refractivity contribution >= 4 is 5.91 Å². The van der Waals surface area contributed by atoms with Gasteiger partial charge in [0, 0.05) is 32.8 Å². The van der Waals surface area contributed by atoms with Gasteiger partial charge in [0.2, 0.25) is 5.91 Å². The zero-order valence-corrected chi connectivity index (χ0v) is 8.94. The second kappa shape index (κ2) is 6.19. The molecule has 2 N–H and O–H groups in total. The molecule has 5 heteroatoms. The van der Waals surface area contributed by atoms with Crippen molar-refractivity contribution < 1.29 is 9.90 Å². The van der Waals surface area contributed by atoms with E-state index < -0.39 is 0 Å². The summed E-state index contributed by atoms with van der Waals surface area (Å²) in [6, 6.07) is 0. The molecular formula is C10H17N3O2. The van der Waals surface area contributed by atoms with Crippen molar-refractivity contribution in [3.8, 4) is 0 Å². The number of nitrogens with one attached hydrogen (secondary N) is 1. The van der Waals surface area contributed by atoms with Gasteiger partial charge in [-0.2, -0.15) is 5.10 Å². The highest BCUT2D eigenvalue weighted by Crippen LogP contribution is 1.96. The third-order valence-electron chi connectivity index (χ3n) is 2.06. The summed E-state index contributed by atoms with van der Waals surface area (Å²) in [5, 5.41) is 15.4. The van der Waals surface area contributed by atoms with Gasteiger partial charge in [-0.05, 0) is 18.4 Å². The van der Waals surface area contributed by atoms with Crippen LogP contribution < -0.4 is 5.32 Å².